The lowest BCUT2D eigenvalue weighted by Gasteiger charge is -2.11. The van der Waals surface area contributed by atoms with Gasteiger partial charge in [-0.1, -0.05) is 237 Å². The molecule has 456 valence electrons. The molecule has 0 aliphatic rings. The summed E-state index contributed by atoms with van der Waals surface area (Å²) in [6.07, 6.45) is 3.72. The minimum atomic E-state index is 0.586. The predicted octanol–water partition coefficient (Wildman–Crippen LogP) is 23.1. The van der Waals surface area contributed by atoms with Gasteiger partial charge in [0.2, 0.25) is 0 Å². The Bertz CT molecular complexity index is 6010. The molecule has 0 saturated carbocycles. The van der Waals surface area contributed by atoms with Gasteiger partial charge in [-0.15, -0.1) is 11.3 Å². The van der Waals surface area contributed by atoms with Gasteiger partial charge in [0, 0.05) is 87.8 Å². The number of aromatic nitrogens is 8. The molecule has 98 heavy (non-hydrogen) atoms. The summed E-state index contributed by atoms with van der Waals surface area (Å²) in [5.74, 6) is 3.71. The average molecular weight is 1270 g/mol. The molecule has 0 atom stereocenters. The number of hydrogen-bond acceptors (Lipinski definition) is 10. The minimum absolute atomic E-state index is 0.586. The summed E-state index contributed by atoms with van der Waals surface area (Å²) in [7, 11) is 0. The highest BCUT2D eigenvalue weighted by Crippen LogP contribution is 2.44. The van der Waals surface area contributed by atoms with Crippen LogP contribution in [0.15, 0.2) is 320 Å². The number of hydrogen-bond donors (Lipinski definition) is 0. The number of rotatable bonds is 8. The molecule has 0 aliphatic heterocycles. The second-order valence-corrected chi connectivity index (χ2v) is 25.6. The van der Waals surface area contributed by atoms with E-state index in [4.69, 9.17) is 44.3 Å². The van der Waals surface area contributed by atoms with Gasteiger partial charge in [-0.05, 0) is 131 Å². The zero-order chi connectivity index (χ0) is 64.6. The van der Waals surface area contributed by atoms with Crippen LogP contribution in [0.3, 0.4) is 0 Å². The Hall–Kier alpha value is -13.0. The molecule has 0 unspecified atom stereocenters. The molecule has 0 spiro atoms. The van der Waals surface area contributed by atoms with E-state index in [-0.39, 0.29) is 0 Å². The Kier molecular flexibility index (Phi) is 13.5. The maximum absolute atomic E-state index is 6.20. The fourth-order valence-electron chi connectivity index (χ4n) is 14.0. The monoisotopic (exact) mass is 1270 g/mol. The number of benzene rings is 14. The van der Waals surface area contributed by atoms with E-state index in [1.807, 2.05) is 169 Å². The molecular weight excluding hydrogens is 1220 g/mol. The van der Waals surface area contributed by atoms with Crippen molar-refractivity contribution in [1.82, 2.24) is 39.9 Å². The molecule has 0 aliphatic carbocycles. The quantitative estimate of drug-likeness (QED) is 0.137. The van der Waals surface area contributed by atoms with Crippen molar-refractivity contribution in [2.45, 2.75) is 0 Å². The van der Waals surface area contributed by atoms with Crippen molar-refractivity contribution >= 4 is 118 Å². The van der Waals surface area contributed by atoms with Gasteiger partial charge >= 0.3 is 0 Å². The summed E-state index contributed by atoms with van der Waals surface area (Å²) in [5, 5.41) is 19.8. The van der Waals surface area contributed by atoms with E-state index in [0.29, 0.717) is 34.9 Å². The van der Waals surface area contributed by atoms with Crippen molar-refractivity contribution in [2.24, 2.45) is 0 Å². The molecule has 20 aromatic rings. The molecule has 0 fully saturated rings. The first-order valence-corrected chi connectivity index (χ1v) is 33.4. The van der Waals surface area contributed by atoms with Crippen LogP contribution in [-0.4, -0.2) is 39.9 Å². The Morgan fingerprint density at radius 2 is 0.582 bits per heavy atom. The zero-order valence-corrected chi connectivity index (χ0v) is 53.2. The summed E-state index contributed by atoms with van der Waals surface area (Å²) in [5.41, 5.74) is 11.1. The number of thiophene rings is 1. The van der Waals surface area contributed by atoms with E-state index in [0.717, 1.165) is 83.2 Å². The summed E-state index contributed by atoms with van der Waals surface area (Å²) in [6.45, 7) is 0. The number of pyridine rings is 2. The number of nitrogens with zero attached hydrogens (tertiary/aromatic N) is 8. The molecule has 20 rings (SSSR count). The molecule has 0 N–H and O–H groups in total. The average Bonchev–Trinajstić information content (AvgIpc) is 1.12. The maximum atomic E-state index is 6.20. The van der Waals surface area contributed by atoms with Crippen LogP contribution in [0.5, 0.6) is 0 Å². The summed E-state index contributed by atoms with van der Waals surface area (Å²) >= 11 is 1.87. The molecule has 0 radical (unpaired) electrons. The lowest BCUT2D eigenvalue weighted by molar-refractivity contribution is 0.669. The van der Waals surface area contributed by atoms with Crippen molar-refractivity contribution in [3.8, 4) is 90.8 Å². The van der Waals surface area contributed by atoms with E-state index in [9.17, 15) is 0 Å². The van der Waals surface area contributed by atoms with Crippen LogP contribution in [-0.2, 0) is 0 Å². The molecule has 6 heterocycles. The first-order chi connectivity index (χ1) is 48.5. The smallest absolute Gasteiger partial charge is 0.165 e. The highest BCUT2D eigenvalue weighted by molar-refractivity contribution is 7.26. The van der Waals surface area contributed by atoms with Crippen LogP contribution < -0.4 is 0 Å². The largest absolute Gasteiger partial charge is 0.456 e. The van der Waals surface area contributed by atoms with Crippen LogP contribution in [0, 0.1) is 0 Å². The highest BCUT2D eigenvalue weighted by atomic mass is 32.1. The number of fused-ring (bicyclic) bond motifs is 18. The van der Waals surface area contributed by atoms with Gasteiger partial charge < -0.3 is 4.42 Å². The van der Waals surface area contributed by atoms with Crippen molar-refractivity contribution in [3.05, 3.63) is 316 Å². The van der Waals surface area contributed by atoms with Gasteiger partial charge in [-0.3, -0.25) is 9.97 Å². The Morgan fingerprint density at radius 3 is 1.06 bits per heavy atom. The summed E-state index contributed by atoms with van der Waals surface area (Å²) in [6, 6.07) is 105. The van der Waals surface area contributed by atoms with E-state index >= 15 is 0 Å². The summed E-state index contributed by atoms with van der Waals surface area (Å²) < 4.78 is 8.85. The highest BCUT2D eigenvalue weighted by Gasteiger charge is 2.19. The molecule has 14 aromatic carbocycles. The van der Waals surface area contributed by atoms with Gasteiger partial charge in [0.25, 0.3) is 0 Å². The van der Waals surface area contributed by atoms with E-state index in [1.165, 1.54) is 79.4 Å². The van der Waals surface area contributed by atoms with Crippen molar-refractivity contribution in [2.75, 3.05) is 0 Å². The fraction of sp³-hybridized carbons (Fsp3) is 0. The minimum Gasteiger partial charge on any atom is -0.456 e. The predicted molar refractivity (Wildman–Crippen MR) is 404 cm³/mol. The summed E-state index contributed by atoms with van der Waals surface area (Å²) in [4.78, 5) is 38.9. The zero-order valence-electron chi connectivity index (χ0n) is 52.4. The van der Waals surface area contributed by atoms with Crippen LogP contribution in [0.4, 0.5) is 0 Å². The maximum Gasteiger partial charge on any atom is 0.165 e. The van der Waals surface area contributed by atoms with Crippen LogP contribution >= 0.6 is 11.3 Å². The molecule has 0 bridgehead atoms. The molecule has 0 saturated heterocycles. The van der Waals surface area contributed by atoms with Crippen LogP contribution in [0.2, 0.25) is 0 Å². The van der Waals surface area contributed by atoms with Gasteiger partial charge in [0.15, 0.2) is 34.9 Å². The topological polar surface area (TPSA) is 116 Å². The Morgan fingerprint density at radius 1 is 0.214 bits per heavy atom. The molecular formula is C88H52N8OS. The van der Waals surface area contributed by atoms with Crippen molar-refractivity contribution in [1.29, 1.82) is 0 Å². The first kappa shape index (κ1) is 56.5. The van der Waals surface area contributed by atoms with Crippen molar-refractivity contribution in [3.63, 3.8) is 0 Å². The van der Waals surface area contributed by atoms with E-state index in [2.05, 4.69) is 158 Å². The number of para-hydroxylation sites is 1. The van der Waals surface area contributed by atoms with Gasteiger partial charge in [-0.25, -0.2) is 29.9 Å². The first-order valence-electron chi connectivity index (χ1n) is 32.6. The van der Waals surface area contributed by atoms with E-state index in [1.54, 1.807) is 0 Å². The lowest BCUT2D eigenvalue weighted by atomic mass is 9.93. The third-order valence-corrected chi connectivity index (χ3v) is 19.8. The van der Waals surface area contributed by atoms with Gasteiger partial charge in [-0.2, -0.15) is 0 Å². The standard InChI is InChI=1S/C44H26N4O.C44H26N4S/c2*1-3-9-28(10-4-1)42-46-43(29-11-5-2-6-12-29)48-44(47-42)32-19-23-37(45-26-32)31-18-20-33-30(25-31)16-15-27-17-21-35-34(40(27)33)22-24-39-41(35)36-13-7-8-14-38(36)49-39/h2*1-26H. The lowest BCUT2D eigenvalue weighted by Crippen LogP contribution is -2.00. The SMILES string of the molecule is c1ccc(-c2nc(-c3ccccc3)nc(-c3ccc(-c4ccc5c(ccc6ccc7c(ccc8oc9ccccc9c87)c65)c4)nc3)n2)cc1.c1ccc(-c2nc(-c3ccccc3)nc(-c3ccc(-c4ccc5c(ccc6ccc7c(ccc8sc9ccccc9c87)c65)c4)nc3)n2)cc1. The second kappa shape index (κ2) is 23.5. The number of furan rings is 1. The normalized spacial score (nSPS) is 11.7. The van der Waals surface area contributed by atoms with Gasteiger partial charge in [0.05, 0.1) is 11.4 Å². The molecule has 0 amide bonds. The molecule has 6 aromatic heterocycles. The molecule has 9 nitrogen and oxygen atoms in total. The van der Waals surface area contributed by atoms with Gasteiger partial charge in [0.1, 0.15) is 11.2 Å². The fourth-order valence-corrected chi connectivity index (χ4v) is 15.1. The van der Waals surface area contributed by atoms with Crippen LogP contribution in [0.1, 0.15) is 0 Å². The van der Waals surface area contributed by atoms with E-state index < -0.39 is 0 Å². The van der Waals surface area contributed by atoms with Crippen LogP contribution in [0.25, 0.3) is 198 Å². The third kappa shape index (κ3) is 9.93. The Labute approximate surface area is 565 Å². The molecule has 10 heteroatoms. The van der Waals surface area contributed by atoms with Crippen molar-refractivity contribution < 1.29 is 4.42 Å². The third-order valence-electron chi connectivity index (χ3n) is 18.7. The second-order valence-electron chi connectivity index (χ2n) is 24.5. The Balaban J connectivity index is 0.000000137.